The lowest BCUT2D eigenvalue weighted by Crippen LogP contribution is -2.34. The van der Waals surface area contributed by atoms with Crippen molar-refractivity contribution in [2.24, 2.45) is 0 Å². The van der Waals surface area contributed by atoms with E-state index in [1.165, 1.54) is 0 Å². The van der Waals surface area contributed by atoms with Gasteiger partial charge in [0.1, 0.15) is 5.75 Å². The molecule has 0 aliphatic rings. The highest BCUT2D eigenvalue weighted by Crippen LogP contribution is 2.19. The molecule has 29 heavy (non-hydrogen) atoms. The van der Waals surface area contributed by atoms with E-state index in [0.717, 1.165) is 0 Å². The zero-order valence-corrected chi connectivity index (χ0v) is 18.0. The lowest BCUT2D eigenvalue weighted by molar-refractivity contribution is 0.0772. The first-order valence-electron chi connectivity index (χ1n) is 9.63. The average Bonchev–Trinajstić information content (AvgIpc) is 2.68. The number of hydrogen-bond donors (Lipinski definition) is 2. The number of benzene rings is 2. The average molecular weight is 414 g/mol. The molecule has 0 saturated heterocycles. The monoisotopic (exact) mass is 413 g/mol. The van der Waals surface area contributed by atoms with Crippen LogP contribution in [0.1, 0.15) is 48.4 Å². The van der Waals surface area contributed by atoms with Gasteiger partial charge in [0, 0.05) is 24.3 Å². The van der Waals surface area contributed by atoms with Crippen LogP contribution in [0.25, 0.3) is 0 Å². The van der Waals surface area contributed by atoms with Gasteiger partial charge in [-0.05, 0) is 70.2 Å². The lowest BCUT2D eigenvalue weighted by atomic mass is 10.1. The number of anilines is 1. The maximum absolute atomic E-state index is 12.6. The normalized spacial score (nSPS) is 10.4. The molecular formula is C22H27N3O3S. The largest absolute Gasteiger partial charge is 0.490 e. The topological polar surface area (TPSA) is 70.7 Å². The minimum atomic E-state index is -0.367. The number of nitrogens with one attached hydrogen (secondary N) is 2. The predicted octanol–water partition coefficient (Wildman–Crippen LogP) is 4.08. The summed E-state index contributed by atoms with van der Waals surface area (Å²) < 4.78 is 5.69. The molecule has 6 nitrogen and oxygen atoms in total. The van der Waals surface area contributed by atoms with Crippen LogP contribution in [0, 0.1) is 0 Å². The number of hydrogen-bond acceptors (Lipinski definition) is 4. The Morgan fingerprint density at radius 1 is 1.07 bits per heavy atom. The summed E-state index contributed by atoms with van der Waals surface area (Å²) in [6.45, 7) is 8.95. The minimum absolute atomic E-state index is 0.0478. The summed E-state index contributed by atoms with van der Waals surface area (Å²) in [6.07, 6.45) is -0.0555. The first kappa shape index (κ1) is 22.4. The summed E-state index contributed by atoms with van der Waals surface area (Å²) in [5, 5.41) is 5.76. The summed E-state index contributed by atoms with van der Waals surface area (Å²) >= 11 is 5.27. The van der Waals surface area contributed by atoms with E-state index in [0.29, 0.717) is 35.7 Å². The third kappa shape index (κ3) is 6.29. The number of thiocarbonyl (C=S) groups is 1. The second-order valence-electron chi connectivity index (χ2n) is 6.63. The van der Waals surface area contributed by atoms with Gasteiger partial charge in [-0.25, -0.2) is 0 Å². The van der Waals surface area contributed by atoms with Crippen LogP contribution in [-0.4, -0.2) is 41.0 Å². The second kappa shape index (κ2) is 10.6. The van der Waals surface area contributed by atoms with Crippen LogP contribution >= 0.6 is 12.2 Å². The molecule has 0 saturated carbocycles. The summed E-state index contributed by atoms with van der Waals surface area (Å²) in [5.41, 5.74) is 1.58. The Kier molecular flexibility index (Phi) is 8.15. The van der Waals surface area contributed by atoms with Gasteiger partial charge in [0.25, 0.3) is 11.8 Å². The van der Waals surface area contributed by atoms with Crippen LogP contribution in [0.2, 0.25) is 0 Å². The van der Waals surface area contributed by atoms with E-state index in [1.54, 1.807) is 47.4 Å². The van der Waals surface area contributed by atoms with Crippen LogP contribution in [0.15, 0.2) is 48.5 Å². The van der Waals surface area contributed by atoms with Crippen LogP contribution in [0.3, 0.4) is 0 Å². The van der Waals surface area contributed by atoms with E-state index in [1.807, 2.05) is 33.8 Å². The molecule has 0 radical (unpaired) electrons. The fourth-order valence-electron chi connectivity index (χ4n) is 2.77. The Hall–Kier alpha value is -2.93. The van der Waals surface area contributed by atoms with Crippen molar-refractivity contribution in [3.63, 3.8) is 0 Å². The molecule has 2 amide bonds. The lowest BCUT2D eigenvalue weighted by Gasteiger charge is -2.19. The highest BCUT2D eigenvalue weighted by molar-refractivity contribution is 7.80. The molecule has 2 N–H and O–H groups in total. The van der Waals surface area contributed by atoms with Crippen LogP contribution in [0.5, 0.6) is 5.75 Å². The van der Waals surface area contributed by atoms with E-state index in [2.05, 4.69) is 10.6 Å². The molecule has 2 rings (SSSR count). The Morgan fingerprint density at radius 2 is 1.76 bits per heavy atom. The first-order valence-corrected chi connectivity index (χ1v) is 10.0. The molecule has 0 atom stereocenters. The first-order chi connectivity index (χ1) is 13.8. The smallest absolute Gasteiger partial charge is 0.261 e. The summed E-state index contributed by atoms with van der Waals surface area (Å²) in [5.74, 6) is 0.0807. The van der Waals surface area contributed by atoms with Crippen LogP contribution in [0.4, 0.5) is 5.69 Å². The number of carbonyl (C=O) groups excluding carboxylic acids is 2. The Labute approximate surface area is 177 Å². The Bertz CT molecular complexity index is 879. The molecule has 154 valence electrons. The van der Waals surface area contributed by atoms with Crippen molar-refractivity contribution < 1.29 is 14.3 Å². The maximum Gasteiger partial charge on any atom is 0.261 e. The van der Waals surface area contributed by atoms with Gasteiger partial charge in [0.05, 0.1) is 11.7 Å². The minimum Gasteiger partial charge on any atom is -0.490 e. The number of rotatable bonds is 7. The third-order valence-corrected chi connectivity index (χ3v) is 4.34. The van der Waals surface area contributed by atoms with Crippen molar-refractivity contribution in [1.82, 2.24) is 10.2 Å². The molecule has 7 heteroatoms. The summed E-state index contributed by atoms with van der Waals surface area (Å²) in [4.78, 5) is 26.9. The van der Waals surface area contributed by atoms with Crippen molar-refractivity contribution in [3.8, 4) is 5.75 Å². The molecule has 0 unspecified atom stereocenters. The molecule has 0 bridgehead atoms. The van der Waals surface area contributed by atoms with Crippen LogP contribution in [-0.2, 0) is 0 Å². The van der Waals surface area contributed by atoms with Crippen molar-refractivity contribution in [2.45, 2.75) is 33.8 Å². The number of amides is 2. The highest BCUT2D eigenvalue weighted by Gasteiger charge is 2.16. The van der Waals surface area contributed by atoms with Crippen LogP contribution < -0.4 is 15.4 Å². The van der Waals surface area contributed by atoms with Gasteiger partial charge in [0.15, 0.2) is 5.11 Å². The molecule has 0 aliphatic carbocycles. The maximum atomic E-state index is 12.6. The molecule has 0 aromatic heterocycles. The van der Waals surface area contributed by atoms with Gasteiger partial charge >= 0.3 is 0 Å². The molecule has 2 aromatic carbocycles. The van der Waals surface area contributed by atoms with Gasteiger partial charge < -0.3 is 15.0 Å². The molecule has 0 spiro atoms. The number of carbonyl (C=O) groups is 2. The van der Waals surface area contributed by atoms with Gasteiger partial charge in [-0.1, -0.05) is 18.2 Å². The van der Waals surface area contributed by atoms with E-state index in [4.69, 9.17) is 17.0 Å². The Morgan fingerprint density at radius 3 is 2.41 bits per heavy atom. The number of para-hydroxylation sites is 1. The summed E-state index contributed by atoms with van der Waals surface area (Å²) in [7, 11) is 0. The van der Waals surface area contributed by atoms with Gasteiger partial charge in [-0.15, -0.1) is 0 Å². The fraction of sp³-hybridized carbons (Fsp3) is 0.318. The van der Waals surface area contributed by atoms with Gasteiger partial charge in [0.2, 0.25) is 0 Å². The molecule has 0 fully saturated rings. The Balaban J connectivity index is 2.07. The van der Waals surface area contributed by atoms with Gasteiger partial charge in [-0.2, -0.15) is 0 Å². The van der Waals surface area contributed by atoms with Crippen molar-refractivity contribution in [3.05, 3.63) is 59.7 Å². The highest BCUT2D eigenvalue weighted by atomic mass is 32.1. The third-order valence-electron chi connectivity index (χ3n) is 4.14. The van der Waals surface area contributed by atoms with Crippen molar-refractivity contribution in [1.29, 1.82) is 0 Å². The molecule has 0 aliphatic heterocycles. The fourth-order valence-corrected chi connectivity index (χ4v) is 2.98. The SMILES string of the molecule is CCN(CC)C(=O)c1cccc(NC(=S)NC(=O)c2ccccc2OC(C)C)c1. The number of nitrogens with zero attached hydrogens (tertiary/aromatic N) is 1. The molecular weight excluding hydrogens is 386 g/mol. The predicted molar refractivity (Wildman–Crippen MR) is 120 cm³/mol. The second-order valence-corrected chi connectivity index (χ2v) is 7.04. The number of ether oxygens (including phenoxy) is 1. The molecule has 2 aromatic rings. The summed E-state index contributed by atoms with van der Waals surface area (Å²) in [6, 6.07) is 14.0. The van der Waals surface area contributed by atoms with E-state index < -0.39 is 0 Å². The zero-order valence-electron chi connectivity index (χ0n) is 17.2. The van der Waals surface area contributed by atoms with Crippen molar-refractivity contribution in [2.75, 3.05) is 18.4 Å². The van der Waals surface area contributed by atoms with Gasteiger partial charge in [-0.3, -0.25) is 14.9 Å². The molecule has 0 heterocycles. The van der Waals surface area contributed by atoms with E-state index >= 15 is 0 Å². The zero-order chi connectivity index (χ0) is 21.4. The standard InChI is InChI=1S/C22H27N3O3S/c1-5-25(6-2)21(27)16-10-9-11-17(14-16)23-22(29)24-20(26)18-12-7-8-13-19(18)28-15(3)4/h7-15H,5-6H2,1-4H3,(H2,23,24,26,29). The van der Waals surface area contributed by atoms with E-state index in [-0.39, 0.29) is 23.0 Å². The van der Waals surface area contributed by atoms with E-state index in [9.17, 15) is 9.59 Å². The quantitative estimate of drug-likeness (QED) is 0.669. The van der Waals surface area contributed by atoms with Crippen molar-refractivity contribution >= 4 is 34.8 Å².